The lowest BCUT2D eigenvalue weighted by Crippen LogP contribution is -2.07. The summed E-state index contributed by atoms with van der Waals surface area (Å²) in [6.07, 6.45) is 1.86. The first-order valence-corrected chi connectivity index (χ1v) is 10.4. The van der Waals surface area contributed by atoms with Crippen molar-refractivity contribution in [1.29, 1.82) is 0 Å². The van der Waals surface area contributed by atoms with Crippen LogP contribution < -0.4 is 0 Å². The third-order valence-corrected chi connectivity index (χ3v) is 5.50. The van der Waals surface area contributed by atoms with Crippen LogP contribution in [0.2, 0.25) is 0 Å². The van der Waals surface area contributed by atoms with Crippen LogP contribution in [0.1, 0.15) is 36.7 Å². The summed E-state index contributed by atoms with van der Waals surface area (Å²) in [4.78, 5) is 9.51. The summed E-state index contributed by atoms with van der Waals surface area (Å²) < 4.78 is 2.23. The van der Waals surface area contributed by atoms with Gasteiger partial charge in [-0.1, -0.05) is 62.4 Å². The highest BCUT2D eigenvalue weighted by Gasteiger charge is 2.16. The van der Waals surface area contributed by atoms with Gasteiger partial charge in [0.25, 0.3) is 0 Å². The largest absolute Gasteiger partial charge is 0.308 e. The number of imidazole rings is 1. The molecule has 1 N–H and O–H groups in total. The van der Waals surface area contributed by atoms with Crippen molar-refractivity contribution in [2.24, 2.45) is 0 Å². The summed E-state index contributed by atoms with van der Waals surface area (Å²) in [6.45, 7) is 7.16. The van der Waals surface area contributed by atoms with E-state index in [0.29, 0.717) is 11.7 Å². The summed E-state index contributed by atoms with van der Waals surface area (Å²) in [6, 6.07) is 18.7. The first-order chi connectivity index (χ1) is 15.1. The fourth-order valence-electron chi connectivity index (χ4n) is 3.93. The highest BCUT2D eigenvalue weighted by atomic mass is 15.5. The molecule has 2 aromatic carbocycles. The lowest BCUT2D eigenvalue weighted by molar-refractivity contribution is 0.679. The smallest absolute Gasteiger partial charge is 0.205 e. The number of aromatic amines is 1. The van der Waals surface area contributed by atoms with E-state index in [1.165, 1.54) is 5.56 Å². The van der Waals surface area contributed by atoms with Crippen LogP contribution in [-0.4, -0.2) is 35.2 Å². The summed E-state index contributed by atoms with van der Waals surface area (Å²) in [5.74, 6) is 1.96. The zero-order chi connectivity index (χ0) is 21.4. The van der Waals surface area contributed by atoms with Crippen molar-refractivity contribution in [3.8, 4) is 22.5 Å². The van der Waals surface area contributed by atoms with E-state index in [9.17, 15) is 0 Å². The number of hydrogen-bond acceptors (Lipinski definition) is 5. The number of tetrazole rings is 1. The Morgan fingerprint density at radius 3 is 2.45 bits per heavy atom. The highest BCUT2D eigenvalue weighted by Crippen LogP contribution is 2.30. The number of rotatable bonds is 5. The third-order valence-electron chi connectivity index (χ3n) is 5.50. The second-order valence-electron chi connectivity index (χ2n) is 7.99. The number of nitrogens with zero attached hydrogens (tertiary/aromatic N) is 6. The van der Waals surface area contributed by atoms with Gasteiger partial charge in [-0.05, 0) is 40.5 Å². The SMILES string of the molecule is Cc1ccnc2c1nc(C(C)C)n2Cc1ccc(-c2ccccc2-c2nn[nH]n2)cc1. The zero-order valence-corrected chi connectivity index (χ0v) is 17.7. The lowest BCUT2D eigenvalue weighted by Gasteiger charge is -2.12. The van der Waals surface area contributed by atoms with Crippen LogP contribution in [0.15, 0.2) is 60.8 Å². The average molecular weight is 409 g/mol. The van der Waals surface area contributed by atoms with Gasteiger partial charge in [-0.15, -0.1) is 10.2 Å². The number of H-pyrrole nitrogens is 1. The quantitative estimate of drug-likeness (QED) is 0.452. The molecule has 7 nitrogen and oxygen atoms in total. The maximum atomic E-state index is 4.89. The molecule has 7 heteroatoms. The van der Waals surface area contributed by atoms with Crippen LogP contribution in [0.4, 0.5) is 0 Å². The normalized spacial score (nSPS) is 11.5. The molecular weight excluding hydrogens is 386 g/mol. The monoisotopic (exact) mass is 409 g/mol. The molecular formula is C24H23N7. The van der Waals surface area contributed by atoms with Crippen molar-refractivity contribution < 1.29 is 0 Å². The van der Waals surface area contributed by atoms with Gasteiger partial charge < -0.3 is 4.57 Å². The number of aryl methyl sites for hydroxylation is 1. The second kappa shape index (κ2) is 7.75. The Morgan fingerprint density at radius 2 is 1.74 bits per heavy atom. The first kappa shape index (κ1) is 19.1. The zero-order valence-electron chi connectivity index (χ0n) is 17.7. The topological polar surface area (TPSA) is 85.2 Å². The molecule has 0 amide bonds. The van der Waals surface area contributed by atoms with Gasteiger partial charge in [0.05, 0.1) is 6.54 Å². The molecule has 31 heavy (non-hydrogen) atoms. The van der Waals surface area contributed by atoms with Crippen molar-refractivity contribution in [3.63, 3.8) is 0 Å². The fraction of sp³-hybridized carbons (Fsp3) is 0.208. The van der Waals surface area contributed by atoms with Crippen LogP contribution >= 0.6 is 0 Å². The second-order valence-corrected chi connectivity index (χ2v) is 7.99. The number of nitrogens with one attached hydrogen (secondary N) is 1. The van der Waals surface area contributed by atoms with Crippen molar-refractivity contribution in [2.75, 3.05) is 0 Å². The minimum atomic E-state index is 0.315. The summed E-state index contributed by atoms with van der Waals surface area (Å²) >= 11 is 0. The Hall–Kier alpha value is -3.87. The first-order valence-electron chi connectivity index (χ1n) is 10.4. The molecule has 0 saturated carbocycles. The van der Waals surface area contributed by atoms with Crippen LogP contribution in [0.5, 0.6) is 0 Å². The molecule has 0 atom stereocenters. The minimum absolute atomic E-state index is 0.315. The average Bonchev–Trinajstić information content (AvgIpc) is 3.44. The van der Waals surface area contributed by atoms with Crippen molar-refractivity contribution in [1.82, 2.24) is 35.2 Å². The molecule has 0 aliphatic rings. The predicted molar refractivity (Wildman–Crippen MR) is 121 cm³/mol. The Morgan fingerprint density at radius 1 is 0.968 bits per heavy atom. The van der Waals surface area contributed by atoms with E-state index in [1.807, 2.05) is 30.5 Å². The standard InChI is InChI=1S/C24H23N7/c1-15(2)23-26-21-16(3)12-13-25-24(21)31(23)14-17-8-10-18(11-9-17)19-6-4-5-7-20(19)22-27-29-30-28-22/h4-13,15H,14H2,1-3H3,(H,27,28,29,30). The van der Waals surface area contributed by atoms with Gasteiger partial charge in [-0.3, -0.25) is 0 Å². The van der Waals surface area contributed by atoms with Gasteiger partial charge in [-0.2, -0.15) is 5.21 Å². The Balaban J connectivity index is 1.51. The molecule has 0 unspecified atom stereocenters. The minimum Gasteiger partial charge on any atom is -0.308 e. The van der Waals surface area contributed by atoms with Crippen molar-refractivity contribution in [3.05, 3.63) is 77.7 Å². The van der Waals surface area contributed by atoms with E-state index in [4.69, 9.17) is 4.98 Å². The van der Waals surface area contributed by atoms with Gasteiger partial charge >= 0.3 is 0 Å². The van der Waals surface area contributed by atoms with Gasteiger partial charge in [0.2, 0.25) is 5.82 Å². The summed E-state index contributed by atoms with van der Waals surface area (Å²) in [7, 11) is 0. The summed E-state index contributed by atoms with van der Waals surface area (Å²) in [5, 5.41) is 14.5. The van der Waals surface area contributed by atoms with Gasteiger partial charge in [0, 0.05) is 17.7 Å². The molecule has 5 rings (SSSR count). The maximum Gasteiger partial charge on any atom is 0.205 e. The number of fused-ring (bicyclic) bond motifs is 1. The molecule has 0 bridgehead atoms. The van der Waals surface area contributed by atoms with Crippen LogP contribution in [0, 0.1) is 6.92 Å². The number of aromatic nitrogens is 7. The van der Waals surface area contributed by atoms with Gasteiger partial charge in [0.15, 0.2) is 5.65 Å². The third kappa shape index (κ3) is 3.48. The predicted octanol–water partition coefficient (Wildman–Crippen LogP) is 4.76. The van der Waals surface area contributed by atoms with E-state index < -0.39 is 0 Å². The van der Waals surface area contributed by atoms with Crippen LogP contribution in [0.25, 0.3) is 33.7 Å². The molecule has 3 heterocycles. The van der Waals surface area contributed by atoms with Crippen molar-refractivity contribution in [2.45, 2.75) is 33.2 Å². The van der Waals surface area contributed by atoms with Crippen LogP contribution in [0.3, 0.4) is 0 Å². The van der Waals surface area contributed by atoms with Gasteiger partial charge in [-0.25, -0.2) is 9.97 Å². The van der Waals surface area contributed by atoms with E-state index in [-0.39, 0.29) is 0 Å². The molecule has 5 aromatic rings. The van der Waals surface area contributed by atoms with E-state index in [0.717, 1.165) is 45.8 Å². The van der Waals surface area contributed by atoms with Gasteiger partial charge in [0.1, 0.15) is 11.3 Å². The Bertz CT molecular complexity index is 1330. The molecule has 3 aromatic heterocycles. The van der Waals surface area contributed by atoms with E-state index >= 15 is 0 Å². The Labute approximate surface area is 180 Å². The molecule has 0 radical (unpaired) electrons. The number of hydrogen-bond donors (Lipinski definition) is 1. The molecule has 0 fully saturated rings. The molecule has 0 saturated heterocycles. The van der Waals surface area contributed by atoms with Crippen LogP contribution in [-0.2, 0) is 6.54 Å². The number of pyridine rings is 1. The fourth-order valence-corrected chi connectivity index (χ4v) is 3.93. The van der Waals surface area contributed by atoms with Crippen molar-refractivity contribution >= 4 is 11.2 Å². The highest BCUT2D eigenvalue weighted by molar-refractivity contribution is 5.80. The molecule has 154 valence electrons. The van der Waals surface area contributed by atoms with E-state index in [2.05, 4.69) is 81.3 Å². The lowest BCUT2D eigenvalue weighted by atomic mass is 9.98. The summed E-state index contributed by atoms with van der Waals surface area (Å²) in [5.41, 5.74) is 7.41. The van der Waals surface area contributed by atoms with E-state index in [1.54, 1.807) is 0 Å². The maximum absolute atomic E-state index is 4.89. The molecule has 0 aliphatic heterocycles. The number of benzene rings is 2. The molecule has 0 spiro atoms. The Kier molecular flexibility index (Phi) is 4.78. The molecule has 0 aliphatic carbocycles.